The lowest BCUT2D eigenvalue weighted by molar-refractivity contribution is -0.0429. The van der Waals surface area contributed by atoms with Crippen molar-refractivity contribution in [1.29, 1.82) is 0 Å². The number of aromatic nitrogens is 2. The van der Waals surface area contributed by atoms with Crippen LogP contribution in [-0.4, -0.2) is 36.4 Å². The molecule has 3 rings (SSSR count). The van der Waals surface area contributed by atoms with E-state index in [2.05, 4.69) is 19.6 Å². The van der Waals surface area contributed by atoms with Crippen molar-refractivity contribution in [3.63, 3.8) is 0 Å². The zero-order chi connectivity index (χ0) is 20.4. The SMILES string of the molecule is CCN1CCCCc2cc(N=Nc3ncns3)c(NS(=O)(=O)C(F)(F)F)cc21. The van der Waals surface area contributed by atoms with E-state index >= 15 is 0 Å². The van der Waals surface area contributed by atoms with Crippen LogP contribution < -0.4 is 9.62 Å². The lowest BCUT2D eigenvalue weighted by Crippen LogP contribution is -2.30. The van der Waals surface area contributed by atoms with E-state index < -0.39 is 15.5 Å². The molecule has 1 aromatic heterocycles. The molecule has 0 saturated carbocycles. The second-order valence-electron chi connectivity index (χ2n) is 6.01. The zero-order valence-electron chi connectivity index (χ0n) is 14.8. The average Bonchev–Trinajstić information content (AvgIpc) is 3.06. The summed E-state index contributed by atoms with van der Waals surface area (Å²) in [6, 6.07) is 2.96. The molecule has 0 bridgehead atoms. The Morgan fingerprint density at radius 2 is 2.07 bits per heavy atom. The number of alkyl halides is 3. The zero-order valence-corrected chi connectivity index (χ0v) is 16.4. The highest BCUT2D eigenvalue weighted by Gasteiger charge is 2.46. The van der Waals surface area contributed by atoms with Crippen LogP contribution in [0.15, 0.2) is 28.7 Å². The van der Waals surface area contributed by atoms with Gasteiger partial charge in [-0.15, -0.1) is 10.2 Å². The average molecular weight is 434 g/mol. The molecular weight excluding hydrogens is 417 g/mol. The van der Waals surface area contributed by atoms with Crippen molar-refractivity contribution in [2.75, 3.05) is 22.7 Å². The van der Waals surface area contributed by atoms with E-state index in [4.69, 9.17) is 0 Å². The van der Waals surface area contributed by atoms with Crippen molar-refractivity contribution in [2.45, 2.75) is 31.7 Å². The van der Waals surface area contributed by atoms with Crippen LogP contribution in [-0.2, 0) is 16.4 Å². The molecule has 1 aliphatic heterocycles. The maximum Gasteiger partial charge on any atom is 0.516 e. The fourth-order valence-electron chi connectivity index (χ4n) is 2.86. The number of nitrogens with zero attached hydrogens (tertiary/aromatic N) is 5. The Kier molecular flexibility index (Phi) is 5.84. The summed E-state index contributed by atoms with van der Waals surface area (Å²) < 4.78 is 67.3. The first-order chi connectivity index (χ1) is 13.2. The Morgan fingerprint density at radius 3 is 2.71 bits per heavy atom. The van der Waals surface area contributed by atoms with Crippen molar-refractivity contribution in [1.82, 2.24) is 9.36 Å². The molecule has 152 valence electrons. The number of halogens is 3. The highest BCUT2D eigenvalue weighted by atomic mass is 32.2. The Labute approximate surface area is 163 Å². The maximum atomic E-state index is 12.9. The molecule has 0 radical (unpaired) electrons. The second-order valence-corrected chi connectivity index (χ2v) is 8.44. The van der Waals surface area contributed by atoms with Crippen LogP contribution >= 0.6 is 11.5 Å². The van der Waals surface area contributed by atoms with Crippen molar-refractivity contribution in [3.8, 4) is 0 Å². The topological polar surface area (TPSA) is 99.9 Å². The summed E-state index contributed by atoms with van der Waals surface area (Å²) in [5.41, 5.74) is -4.18. The number of sulfonamides is 1. The van der Waals surface area contributed by atoms with Gasteiger partial charge in [-0.25, -0.2) is 4.98 Å². The molecule has 1 aliphatic rings. The normalized spacial score (nSPS) is 15.5. The smallest absolute Gasteiger partial charge is 0.372 e. The quantitative estimate of drug-likeness (QED) is 0.704. The molecule has 28 heavy (non-hydrogen) atoms. The third kappa shape index (κ3) is 4.41. The van der Waals surface area contributed by atoms with E-state index in [0.717, 1.165) is 36.5 Å². The summed E-state index contributed by atoms with van der Waals surface area (Å²) in [4.78, 5) is 5.82. The molecule has 2 heterocycles. The van der Waals surface area contributed by atoms with Crippen LogP contribution in [0.4, 0.5) is 35.4 Å². The highest BCUT2D eigenvalue weighted by Crippen LogP contribution is 2.39. The Balaban J connectivity index is 2.09. The summed E-state index contributed by atoms with van der Waals surface area (Å²) in [7, 11) is -5.60. The molecule has 2 aromatic rings. The van der Waals surface area contributed by atoms with E-state index in [0.29, 0.717) is 18.7 Å². The van der Waals surface area contributed by atoms with Gasteiger partial charge in [0.2, 0.25) is 5.13 Å². The Morgan fingerprint density at radius 1 is 1.29 bits per heavy atom. The summed E-state index contributed by atoms with van der Waals surface area (Å²) in [5, 5.41) is 7.97. The first-order valence-corrected chi connectivity index (χ1v) is 10.7. The first kappa shape index (κ1) is 20.5. The minimum Gasteiger partial charge on any atom is -0.372 e. The van der Waals surface area contributed by atoms with Crippen molar-refractivity contribution in [2.24, 2.45) is 10.2 Å². The van der Waals surface area contributed by atoms with Gasteiger partial charge in [0.25, 0.3) is 0 Å². The number of aryl methyl sites for hydroxylation is 1. The van der Waals surface area contributed by atoms with Gasteiger partial charge in [0.1, 0.15) is 12.0 Å². The van der Waals surface area contributed by atoms with E-state index in [-0.39, 0.29) is 16.5 Å². The van der Waals surface area contributed by atoms with Crippen LogP contribution in [0.1, 0.15) is 25.3 Å². The van der Waals surface area contributed by atoms with Gasteiger partial charge in [-0.1, -0.05) is 0 Å². The summed E-state index contributed by atoms with van der Waals surface area (Å²) in [6.45, 7) is 3.31. The molecule has 0 saturated heterocycles. The van der Waals surface area contributed by atoms with Crippen LogP contribution in [0.2, 0.25) is 0 Å². The fraction of sp³-hybridized carbons (Fsp3) is 0.467. The number of anilines is 2. The van der Waals surface area contributed by atoms with Gasteiger partial charge in [0.05, 0.1) is 5.69 Å². The van der Waals surface area contributed by atoms with Gasteiger partial charge in [-0.3, -0.25) is 4.72 Å². The van der Waals surface area contributed by atoms with E-state index in [1.54, 1.807) is 10.8 Å². The number of hydrogen-bond acceptors (Lipinski definition) is 8. The second kappa shape index (κ2) is 7.99. The van der Waals surface area contributed by atoms with E-state index in [9.17, 15) is 21.6 Å². The minimum atomic E-state index is -5.60. The number of azo groups is 1. The van der Waals surface area contributed by atoms with Gasteiger partial charge in [-0.2, -0.15) is 26.0 Å². The van der Waals surface area contributed by atoms with Crippen molar-refractivity contribution < 1.29 is 21.6 Å². The molecule has 0 fully saturated rings. The third-order valence-electron chi connectivity index (χ3n) is 4.19. The van der Waals surface area contributed by atoms with Crippen LogP contribution in [0, 0.1) is 0 Å². The summed E-state index contributed by atoms with van der Waals surface area (Å²) in [5.74, 6) is 0. The molecule has 1 N–H and O–H groups in total. The summed E-state index contributed by atoms with van der Waals surface area (Å²) in [6.07, 6.45) is 3.81. The first-order valence-electron chi connectivity index (χ1n) is 8.40. The van der Waals surface area contributed by atoms with Crippen LogP contribution in [0.5, 0.6) is 0 Å². The maximum absolute atomic E-state index is 12.9. The molecule has 1 aromatic carbocycles. The molecule has 0 aliphatic carbocycles. The molecular formula is C15H17F3N6O2S2. The lowest BCUT2D eigenvalue weighted by atomic mass is 10.1. The summed E-state index contributed by atoms with van der Waals surface area (Å²) >= 11 is 0.953. The molecule has 8 nitrogen and oxygen atoms in total. The molecule has 13 heteroatoms. The number of hydrogen-bond donors (Lipinski definition) is 1. The van der Waals surface area contributed by atoms with Gasteiger partial charge >= 0.3 is 15.5 Å². The number of benzene rings is 1. The number of rotatable bonds is 5. The molecule has 0 amide bonds. The van der Waals surface area contributed by atoms with Gasteiger partial charge in [0.15, 0.2) is 0 Å². The minimum absolute atomic E-state index is 0.0141. The monoisotopic (exact) mass is 434 g/mol. The van der Waals surface area contributed by atoms with E-state index in [1.807, 2.05) is 11.8 Å². The van der Waals surface area contributed by atoms with Crippen molar-refractivity contribution in [3.05, 3.63) is 24.0 Å². The van der Waals surface area contributed by atoms with Gasteiger partial charge < -0.3 is 4.90 Å². The third-order valence-corrected chi connectivity index (χ3v) is 5.83. The molecule has 0 atom stereocenters. The predicted octanol–water partition coefficient (Wildman–Crippen LogP) is 4.38. The van der Waals surface area contributed by atoms with Gasteiger partial charge in [-0.05, 0) is 43.9 Å². The van der Waals surface area contributed by atoms with Crippen LogP contribution in [0.25, 0.3) is 0 Å². The molecule has 0 spiro atoms. The standard InChI is InChI=1S/C15H17F3N6O2S2/c1-2-24-6-4-3-5-10-7-11(21-22-14-19-9-20-27-14)12(8-13(10)24)23-28(25,26)15(16,17)18/h7-9,23H,2-6H2,1H3. The molecule has 0 unspecified atom stereocenters. The van der Waals surface area contributed by atoms with Crippen molar-refractivity contribution >= 4 is 43.7 Å². The fourth-order valence-corrected chi connectivity index (χ4v) is 3.79. The van der Waals surface area contributed by atoms with Crippen LogP contribution in [0.3, 0.4) is 0 Å². The largest absolute Gasteiger partial charge is 0.516 e. The predicted molar refractivity (Wildman–Crippen MR) is 99.9 cm³/mol. The Bertz CT molecular complexity index is 961. The van der Waals surface area contributed by atoms with E-state index in [1.165, 1.54) is 12.4 Å². The number of nitrogens with one attached hydrogen (secondary N) is 1. The Hall–Kier alpha value is -2.28. The highest BCUT2D eigenvalue weighted by molar-refractivity contribution is 7.93. The lowest BCUT2D eigenvalue weighted by Gasteiger charge is -2.24. The number of fused-ring (bicyclic) bond motifs is 1. The van der Waals surface area contributed by atoms with Gasteiger partial charge in [0, 0.05) is 30.3 Å².